The van der Waals surface area contributed by atoms with Gasteiger partial charge in [0, 0.05) is 12.1 Å². The molecule has 0 spiro atoms. The summed E-state index contributed by atoms with van der Waals surface area (Å²) < 4.78 is 10.7. The Morgan fingerprint density at radius 3 is 2.50 bits per heavy atom. The molecule has 1 aliphatic rings. The van der Waals surface area contributed by atoms with E-state index in [0.717, 1.165) is 25.7 Å². The molecule has 1 fully saturated rings. The number of alkyl carbamates (subject to hydrolysis) is 1. The summed E-state index contributed by atoms with van der Waals surface area (Å²) in [6.45, 7) is 7.89. The lowest BCUT2D eigenvalue weighted by Gasteiger charge is -2.30. The Kier molecular flexibility index (Phi) is 6.67. The summed E-state index contributed by atoms with van der Waals surface area (Å²) in [7, 11) is 0. The Balaban J connectivity index is 1.84. The van der Waals surface area contributed by atoms with Crippen molar-refractivity contribution in [2.45, 2.75) is 71.1 Å². The number of nitrogens with one attached hydrogen (secondary N) is 2. The Morgan fingerprint density at radius 1 is 1.27 bits per heavy atom. The number of amides is 1. The monoisotopic (exact) mass is 360 g/mol. The number of pyridine rings is 1. The summed E-state index contributed by atoms with van der Waals surface area (Å²) in [6, 6.07) is 6.01. The third kappa shape index (κ3) is 6.10. The highest BCUT2D eigenvalue weighted by molar-refractivity contribution is 5.68. The zero-order valence-corrected chi connectivity index (χ0v) is 16.0. The maximum absolute atomic E-state index is 11.9. The van der Waals surface area contributed by atoms with Crippen molar-refractivity contribution in [3.05, 3.63) is 17.7 Å². The number of hydrogen-bond acceptors (Lipinski definition) is 6. The molecule has 7 nitrogen and oxygen atoms in total. The van der Waals surface area contributed by atoms with Crippen LogP contribution in [0.25, 0.3) is 0 Å². The predicted octanol–water partition coefficient (Wildman–Crippen LogP) is 3.60. The predicted molar refractivity (Wildman–Crippen MR) is 99.2 cm³/mol. The number of hydrogen-bond donors (Lipinski definition) is 2. The minimum atomic E-state index is -0.484. The van der Waals surface area contributed by atoms with Crippen molar-refractivity contribution >= 4 is 11.9 Å². The summed E-state index contributed by atoms with van der Waals surface area (Å²) in [5.74, 6) is 1.07. The quantitative estimate of drug-likeness (QED) is 0.833. The minimum Gasteiger partial charge on any atom is -0.477 e. The summed E-state index contributed by atoms with van der Waals surface area (Å²) >= 11 is 0. The largest absolute Gasteiger partial charge is 0.477 e. The van der Waals surface area contributed by atoms with Gasteiger partial charge in [-0.2, -0.15) is 10.2 Å². The van der Waals surface area contributed by atoms with Gasteiger partial charge in [-0.3, -0.25) is 0 Å². The molecule has 0 unspecified atom stereocenters. The first kappa shape index (κ1) is 19.8. The fourth-order valence-corrected chi connectivity index (χ4v) is 2.92. The SMILES string of the molecule is CCOc1nc(NC2CCC(NC(=O)OC(C)(C)C)CC2)ccc1C#N. The van der Waals surface area contributed by atoms with Crippen LogP contribution in [-0.2, 0) is 4.74 Å². The van der Waals surface area contributed by atoms with Gasteiger partial charge in [-0.05, 0) is 65.5 Å². The van der Waals surface area contributed by atoms with Crippen molar-refractivity contribution < 1.29 is 14.3 Å². The van der Waals surface area contributed by atoms with Crippen molar-refractivity contribution in [1.82, 2.24) is 10.3 Å². The van der Waals surface area contributed by atoms with Crippen LogP contribution in [0.5, 0.6) is 5.88 Å². The number of carbonyl (C=O) groups is 1. The Morgan fingerprint density at radius 2 is 1.92 bits per heavy atom. The molecule has 7 heteroatoms. The van der Waals surface area contributed by atoms with Crippen LogP contribution in [0.15, 0.2) is 12.1 Å². The molecule has 0 saturated heterocycles. The van der Waals surface area contributed by atoms with Gasteiger partial charge in [0.1, 0.15) is 23.1 Å². The van der Waals surface area contributed by atoms with Gasteiger partial charge in [-0.1, -0.05) is 0 Å². The van der Waals surface area contributed by atoms with Crippen LogP contribution in [0.1, 0.15) is 58.9 Å². The fraction of sp³-hybridized carbons (Fsp3) is 0.632. The molecule has 0 atom stereocenters. The van der Waals surface area contributed by atoms with Gasteiger partial charge in [0.25, 0.3) is 0 Å². The van der Waals surface area contributed by atoms with Crippen molar-refractivity contribution in [3.63, 3.8) is 0 Å². The van der Waals surface area contributed by atoms with E-state index in [4.69, 9.17) is 14.7 Å². The lowest BCUT2D eigenvalue weighted by atomic mass is 9.91. The average Bonchev–Trinajstić information content (AvgIpc) is 2.55. The molecule has 1 aromatic heterocycles. The van der Waals surface area contributed by atoms with Gasteiger partial charge >= 0.3 is 6.09 Å². The fourth-order valence-electron chi connectivity index (χ4n) is 2.92. The molecule has 0 bridgehead atoms. The van der Waals surface area contributed by atoms with Crippen molar-refractivity contribution in [2.24, 2.45) is 0 Å². The van der Waals surface area contributed by atoms with Gasteiger partial charge < -0.3 is 20.1 Å². The van der Waals surface area contributed by atoms with Gasteiger partial charge in [0.05, 0.1) is 6.61 Å². The molecule has 2 rings (SSSR count). The third-order valence-corrected chi connectivity index (χ3v) is 4.06. The topological polar surface area (TPSA) is 96.3 Å². The molecule has 1 aromatic rings. The molecule has 0 aromatic carbocycles. The first-order chi connectivity index (χ1) is 12.3. The summed E-state index contributed by atoms with van der Waals surface area (Å²) in [5, 5.41) is 15.4. The third-order valence-electron chi connectivity index (χ3n) is 4.06. The van der Waals surface area contributed by atoms with Crippen LogP contribution in [-0.4, -0.2) is 35.4 Å². The molecule has 2 N–H and O–H groups in total. The molecule has 1 aliphatic carbocycles. The van der Waals surface area contributed by atoms with Gasteiger partial charge in [-0.25, -0.2) is 4.79 Å². The van der Waals surface area contributed by atoms with Crippen LogP contribution >= 0.6 is 0 Å². The molecule has 1 amide bonds. The number of ether oxygens (including phenoxy) is 2. The van der Waals surface area contributed by atoms with E-state index in [9.17, 15) is 4.79 Å². The van der Waals surface area contributed by atoms with Crippen LogP contribution in [0, 0.1) is 11.3 Å². The van der Waals surface area contributed by atoms with E-state index in [2.05, 4.69) is 21.7 Å². The second-order valence-corrected chi connectivity index (χ2v) is 7.43. The molecule has 0 aliphatic heterocycles. The smallest absolute Gasteiger partial charge is 0.407 e. The Labute approximate surface area is 155 Å². The van der Waals surface area contributed by atoms with Crippen molar-refractivity contribution in [3.8, 4) is 11.9 Å². The number of carbonyl (C=O) groups excluding carboxylic acids is 1. The second kappa shape index (κ2) is 8.75. The Hall–Kier alpha value is -2.49. The average molecular weight is 360 g/mol. The first-order valence-corrected chi connectivity index (χ1v) is 9.10. The number of nitriles is 1. The van der Waals surface area contributed by atoms with Crippen molar-refractivity contribution in [1.29, 1.82) is 5.26 Å². The number of anilines is 1. The highest BCUT2D eigenvalue weighted by Crippen LogP contribution is 2.24. The second-order valence-electron chi connectivity index (χ2n) is 7.43. The number of nitrogens with zero attached hydrogens (tertiary/aromatic N) is 2. The zero-order valence-electron chi connectivity index (χ0n) is 16.0. The summed E-state index contributed by atoms with van der Waals surface area (Å²) in [4.78, 5) is 16.2. The summed E-state index contributed by atoms with van der Waals surface area (Å²) in [6.07, 6.45) is 3.25. The van der Waals surface area contributed by atoms with E-state index in [-0.39, 0.29) is 18.2 Å². The highest BCUT2D eigenvalue weighted by Gasteiger charge is 2.25. The van der Waals surface area contributed by atoms with Crippen LogP contribution < -0.4 is 15.4 Å². The lowest BCUT2D eigenvalue weighted by Crippen LogP contribution is -2.42. The molecule has 142 valence electrons. The summed E-state index contributed by atoms with van der Waals surface area (Å²) in [5.41, 5.74) is -0.0507. The normalized spacial score (nSPS) is 20.0. The molecular formula is C19H28N4O3. The van der Waals surface area contributed by atoms with E-state index < -0.39 is 5.60 Å². The van der Waals surface area contributed by atoms with Gasteiger partial charge in [0.2, 0.25) is 5.88 Å². The Bertz CT molecular complexity index is 656. The maximum atomic E-state index is 11.9. The molecule has 1 saturated carbocycles. The van der Waals surface area contributed by atoms with Crippen molar-refractivity contribution in [2.75, 3.05) is 11.9 Å². The molecular weight excluding hydrogens is 332 g/mol. The standard InChI is InChI=1S/C19H28N4O3/c1-5-25-17-13(12-20)6-11-16(23-17)21-14-7-9-15(10-8-14)22-18(24)26-19(2,3)4/h6,11,14-15H,5,7-10H2,1-4H3,(H,21,23)(H,22,24). The molecule has 1 heterocycles. The van der Waals surface area contributed by atoms with Gasteiger partial charge in [0.15, 0.2) is 0 Å². The first-order valence-electron chi connectivity index (χ1n) is 9.10. The minimum absolute atomic E-state index is 0.135. The van der Waals surface area contributed by atoms with E-state index in [1.807, 2.05) is 27.7 Å². The molecule has 26 heavy (non-hydrogen) atoms. The lowest BCUT2D eigenvalue weighted by molar-refractivity contribution is 0.0492. The maximum Gasteiger partial charge on any atom is 0.407 e. The number of aromatic nitrogens is 1. The van der Waals surface area contributed by atoms with Gasteiger partial charge in [-0.15, -0.1) is 0 Å². The molecule has 0 radical (unpaired) electrons. The zero-order chi connectivity index (χ0) is 19.2. The van der Waals surface area contributed by atoms with Crippen LogP contribution in [0.3, 0.4) is 0 Å². The van der Waals surface area contributed by atoms with E-state index >= 15 is 0 Å². The van der Waals surface area contributed by atoms with E-state index in [1.165, 1.54) is 0 Å². The van der Waals surface area contributed by atoms with E-state index in [1.54, 1.807) is 12.1 Å². The number of rotatable bonds is 5. The van der Waals surface area contributed by atoms with Crippen LogP contribution in [0.4, 0.5) is 10.6 Å². The van der Waals surface area contributed by atoms with E-state index in [0.29, 0.717) is 23.9 Å². The van der Waals surface area contributed by atoms with Crippen LogP contribution in [0.2, 0.25) is 0 Å². The highest BCUT2D eigenvalue weighted by atomic mass is 16.6.